The lowest BCUT2D eigenvalue weighted by atomic mass is 9.96. The number of aromatic nitrogens is 3. The molecule has 9 nitrogen and oxygen atoms in total. The number of piperidine rings is 1. The lowest BCUT2D eigenvalue weighted by molar-refractivity contribution is 0.0549. The SMILES string of the molecule is Cc1nc(C)c(-c2csc(Nc3ccc(C(=O)N4C5CC[C@H]4CC(NC(=O)OCc4ccccc4)C5)cn3)n2)s1. The number of nitrogens with zero attached hydrogens (tertiary/aromatic N) is 4. The molecule has 4 aromatic rings. The molecule has 2 unspecified atom stereocenters. The van der Waals surface area contributed by atoms with Gasteiger partial charge in [0.05, 0.1) is 26.8 Å². The fraction of sp³-hybridized carbons (Fsp3) is 0.345. The summed E-state index contributed by atoms with van der Waals surface area (Å²) in [6, 6.07) is 13.4. The number of anilines is 2. The topological polar surface area (TPSA) is 109 Å². The van der Waals surface area contributed by atoms with Crippen LogP contribution in [0.5, 0.6) is 0 Å². The summed E-state index contributed by atoms with van der Waals surface area (Å²) in [6.45, 7) is 4.23. The molecule has 0 saturated carbocycles. The maximum absolute atomic E-state index is 13.5. The molecule has 2 bridgehead atoms. The Morgan fingerprint density at radius 3 is 2.50 bits per heavy atom. The van der Waals surface area contributed by atoms with Crippen molar-refractivity contribution in [3.05, 3.63) is 75.9 Å². The highest BCUT2D eigenvalue weighted by molar-refractivity contribution is 7.16. The fourth-order valence-corrected chi connectivity index (χ4v) is 7.28. The number of aryl methyl sites for hydroxylation is 2. The van der Waals surface area contributed by atoms with Crippen LogP contribution in [0.1, 0.15) is 52.3 Å². The number of benzene rings is 1. The van der Waals surface area contributed by atoms with Gasteiger partial charge in [0, 0.05) is 29.7 Å². The maximum Gasteiger partial charge on any atom is 0.407 e. The summed E-state index contributed by atoms with van der Waals surface area (Å²) < 4.78 is 5.40. The molecule has 6 rings (SSSR count). The average molecular weight is 575 g/mol. The second kappa shape index (κ2) is 11.3. The number of carbonyl (C=O) groups excluding carboxylic acids is 2. The van der Waals surface area contributed by atoms with Crippen LogP contribution >= 0.6 is 22.7 Å². The molecule has 2 saturated heterocycles. The van der Waals surface area contributed by atoms with Gasteiger partial charge in [0.2, 0.25) is 0 Å². The van der Waals surface area contributed by atoms with Crippen LogP contribution in [0.15, 0.2) is 54.0 Å². The van der Waals surface area contributed by atoms with Crippen LogP contribution in [0.2, 0.25) is 0 Å². The Hall–Kier alpha value is -3.83. The lowest BCUT2D eigenvalue weighted by Gasteiger charge is -2.39. The molecule has 0 radical (unpaired) electrons. The third-order valence-corrected chi connectivity index (χ3v) is 9.24. The van der Waals surface area contributed by atoms with Gasteiger partial charge < -0.3 is 20.3 Å². The summed E-state index contributed by atoms with van der Waals surface area (Å²) in [5, 5.41) is 10.0. The van der Waals surface area contributed by atoms with E-state index in [1.165, 1.54) is 11.3 Å². The molecule has 5 heterocycles. The number of hydrogen-bond donors (Lipinski definition) is 2. The fourth-order valence-electron chi connectivity index (χ4n) is 5.62. The van der Waals surface area contributed by atoms with E-state index >= 15 is 0 Å². The Balaban J connectivity index is 1.03. The molecule has 11 heteroatoms. The third kappa shape index (κ3) is 5.71. The Bertz CT molecular complexity index is 1490. The van der Waals surface area contributed by atoms with Crippen LogP contribution in [0, 0.1) is 13.8 Å². The normalized spacial score (nSPS) is 19.9. The molecule has 206 valence electrons. The Morgan fingerprint density at radius 1 is 1.05 bits per heavy atom. The van der Waals surface area contributed by atoms with Crippen LogP contribution in [0.4, 0.5) is 15.7 Å². The van der Waals surface area contributed by atoms with Gasteiger partial charge in [0.1, 0.15) is 12.4 Å². The van der Waals surface area contributed by atoms with Gasteiger partial charge in [-0.05, 0) is 57.2 Å². The van der Waals surface area contributed by atoms with Gasteiger partial charge in [-0.15, -0.1) is 22.7 Å². The van der Waals surface area contributed by atoms with E-state index in [9.17, 15) is 9.59 Å². The van der Waals surface area contributed by atoms with Crippen LogP contribution in [0.3, 0.4) is 0 Å². The lowest BCUT2D eigenvalue weighted by Crippen LogP contribution is -2.52. The number of hydrogen-bond acceptors (Lipinski definition) is 9. The monoisotopic (exact) mass is 574 g/mol. The molecule has 3 aromatic heterocycles. The number of alkyl carbamates (subject to hydrolysis) is 1. The van der Waals surface area contributed by atoms with Gasteiger partial charge in [-0.2, -0.15) is 0 Å². The molecular weight excluding hydrogens is 544 g/mol. The zero-order chi connectivity index (χ0) is 27.6. The summed E-state index contributed by atoms with van der Waals surface area (Å²) in [5.74, 6) is 0.624. The van der Waals surface area contributed by atoms with Crippen LogP contribution in [-0.2, 0) is 11.3 Å². The first-order chi connectivity index (χ1) is 19.4. The third-order valence-electron chi connectivity index (χ3n) is 7.39. The number of ether oxygens (including phenoxy) is 1. The van der Waals surface area contributed by atoms with E-state index in [1.54, 1.807) is 17.5 Å². The van der Waals surface area contributed by atoms with E-state index in [0.29, 0.717) is 11.4 Å². The van der Waals surface area contributed by atoms with E-state index in [1.807, 2.05) is 66.6 Å². The van der Waals surface area contributed by atoms with E-state index in [-0.39, 0.29) is 30.6 Å². The van der Waals surface area contributed by atoms with Crippen molar-refractivity contribution in [2.24, 2.45) is 0 Å². The van der Waals surface area contributed by atoms with E-state index in [0.717, 1.165) is 57.7 Å². The minimum absolute atomic E-state index is 0.00428. The second-order valence-corrected chi connectivity index (χ2v) is 12.3. The first-order valence-electron chi connectivity index (χ1n) is 13.4. The predicted octanol–water partition coefficient (Wildman–Crippen LogP) is 6.08. The van der Waals surface area contributed by atoms with Crippen molar-refractivity contribution in [3.63, 3.8) is 0 Å². The van der Waals surface area contributed by atoms with Crippen molar-refractivity contribution in [3.8, 4) is 10.6 Å². The molecule has 2 N–H and O–H groups in total. The first-order valence-corrected chi connectivity index (χ1v) is 15.1. The quantitative estimate of drug-likeness (QED) is 0.275. The summed E-state index contributed by atoms with van der Waals surface area (Å²) in [6.07, 6.45) is 4.53. The second-order valence-electron chi connectivity index (χ2n) is 10.2. The molecular formula is C29H30N6O3S2. The molecule has 1 aromatic carbocycles. The van der Waals surface area contributed by atoms with E-state index < -0.39 is 6.09 Å². The highest BCUT2D eigenvalue weighted by Gasteiger charge is 2.44. The van der Waals surface area contributed by atoms with Gasteiger partial charge in [-0.3, -0.25) is 4.79 Å². The van der Waals surface area contributed by atoms with E-state index in [4.69, 9.17) is 4.74 Å². The standard InChI is InChI=1S/C29H30N6O3S2/c1-17-26(40-18(2)31-17)24-16-39-28(33-24)34-25-11-8-20(14-30-25)27(36)35-22-9-10-23(35)13-21(12-22)32-29(37)38-15-19-6-4-3-5-7-19/h3-8,11,14,16,21-23H,9-10,12-13,15H2,1-2H3,(H,32,37)(H,30,33,34)/t21?,22-,23?/m0/s1. The minimum atomic E-state index is -0.412. The molecule has 0 spiro atoms. The van der Waals surface area contributed by atoms with Crippen molar-refractivity contribution in [1.29, 1.82) is 0 Å². The Morgan fingerprint density at radius 2 is 1.82 bits per heavy atom. The van der Waals surface area contributed by atoms with Crippen molar-refractivity contribution < 1.29 is 14.3 Å². The number of fused-ring (bicyclic) bond motifs is 2. The summed E-state index contributed by atoms with van der Waals surface area (Å²) in [5.41, 5.74) is 3.40. The zero-order valence-corrected chi connectivity index (χ0v) is 23.9. The molecule has 2 fully saturated rings. The van der Waals surface area contributed by atoms with Crippen molar-refractivity contribution in [1.82, 2.24) is 25.2 Å². The summed E-state index contributed by atoms with van der Waals surface area (Å²) >= 11 is 3.14. The molecule has 2 aliphatic heterocycles. The average Bonchev–Trinajstić information content (AvgIpc) is 3.63. The van der Waals surface area contributed by atoms with Gasteiger partial charge in [-0.25, -0.2) is 19.7 Å². The molecule has 40 heavy (non-hydrogen) atoms. The van der Waals surface area contributed by atoms with Gasteiger partial charge >= 0.3 is 6.09 Å². The number of pyridine rings is 1. The largest absolute Gasteiger partial charge is 0.445 e. The van der Waals surface area contributed by atoms with Crippen molar-refractivity contribution >= 4 is 45.6 Å². The Labute approximate surface area is 240 Å². The van der Waals surface area contributed by atoms with Gasteiger partial charge in [0.25, 0.3) is 5.91 Å². The van der Waals surface area contributed by atoms with Gasteiger partial charge in [0.15, 0.2) is 5.13 Å². The number of amides is 2. The molecule has 2 amide bonds. The Kier molecular flexibility index (Phi) is 7.48. The zero-order valence-electron chi connectivity index (χ0n) is 22.3. The van der Waals surface area contributed by atoms with Gasteiger partial charge in [-0.1, -0.05) is 30.3 Å². The number of rotatable bonds is 7. The first kappa shape index (κ1) is 26.4. The van der Waals surface area contributed by atoms with Crippen LogP contribution in [0.25, 0.3) is 10.6 Å². The highest BCUT2D eigenvalue weighted by Crippen LogP contribution is 2.37. The molecule has 2 aliphatic rings. The molecule has 3 atom stereocenters. The maximum atomic E-state index is 13.5. The van der Waals surface area contributed by atoms with Crippen molar-refractivity contribution in [2.75, 3.05) is 5.32 Å². The predicted molar refractivity (Wildman–Crippen MR) is 156 cm³/mol. The smallest absolute Gasteiger partial charge is 0.407 e. The summed E-state index contributed by atoms with van der Waals surface area (Å²) in [7, 11) is 0. The number of carbonyl (C=O) groups is 2. The summed E-state index contributed by atoms with van der Waals surface area (Å²) in [4.78, 5) is 42.6. The van der Waals surface area contributed by atoms with E-state index in [2.05, 4.69) is 25.6 Å². The van der Waals surface area contributed by atoms with Crippen LogP contribution in [-0.4, -0.2) is 50.0 Å². The highest BCUT2D eigenvalue weighted by atomic mass is 32.1. The number of nitrogens with one attached hydrogen (secondary N) is 2. The number of thiazole rings is 2. The minimum Gasteiger partial charge on any atom is -0.445 e. The van der Waals surface area contributed by atoms with Crippen molar-refractivity contribution in [2.45, 2.75) is 64.3 Å². The van der Waals surface area contributed by atoms with Crippen LogP contribution < -0.4 is 10.6 Å². The molecule has 0 aliphatic carbocycles.